The van der Waals surface area contributed by atoms with Crippen LogP contribution in [0.4, 0.5) is 0 Å². The third-order valence-electron chi connectivity index (χ3n) is 3.73. The van der Waals surface area contributed by atoms with Crippen molar-refractivity contribution in [3.8, 4) is 0 Å². The summed E-state index contributed by atoms with van der Waals surface area (Å²) in [6.45, 7) is 0. The van der Waals surface area contributed by atoms with Gasteiger partial charge in [-0.3, -0.25) is 14.7 Å². The molecule has 20 heavy (non-hydrogen) atoms. The Morgan fingerprint density at radius 1 is 1.30 bits per heavy atom. The van der Waals surface area contributed by atoms with Gasteiger partial charge in [0.2, 0.25) is 0 Å². The molecule has 1 aromatic heterocycles. The average molecular weight is 304 g/mol. The monoisotopic (exact) mass is 304 g/mol. The summed E-state index contributed by atoms with van der Waals surface area (Å²) in [7, 11) is 0. The number of carbonyl (C=O) groups is 1. The van der Waals surface area contributed by atoms with E-state index in [4.69, 9.17) is 12.2 Å². The maximum atomic E-state index is 12.5. The minimum Gasteiger partial charge on any atom is -0.290 e. The molecule has 2 fully saturated rings. The predicted octanol–water partition coefficient (Wildman–Crippen LogP) is 3.62. The van der Waals surface area contributed by atoms with Crippen LogP contribution in [0.25, 0.3) is 6.08 Å². The van der Waals surface area contributed by atoms with Gasteiger partial charge in [0.05, 0.1) is 10.6 Å². The standard InChI is InChI=1S/C15H16N2OS2/c18-14-13(10-11-6-4-5-9-16-11)20-15(19)17(14)12-7-2-1-3-8-12/h4-6,9-10,12H,1-3,7-8H2/b13-10-. The van der Waals surface area contributed by atoms with Gasteiger partial charge in [-0.25, -0.2) is 0 Å². The molecule has 1 saturated heterocycles. The van der Waals surface area contributed by atoms with Gasteiger partial charge >= 0.3 is 0 Å². The molecule has 2 aliphatic rings. The molecule has 104 valence electrons. The Morgan fingerprint density at radius 3 is 2.80 bits per heavy atom. The number of hydrogen-bond donors (Lipinski definition) is 0. The number of carbonyl (C=O) groups excluding carboxylic acids is 1. The highest BCUT2D eigenvalue weighted by molar-refractivity contribution is 8.26. The van der Waals surface area contributed by atoms with Crippen molar-refractivity contribution >= 4 is 40.3 Å². The van der Waals surface area contributed by atoms with Crippen LogP contribution in [-0.4, -0.2) is 26.2 Å². The second-order valence-electron chi connectivity index (χ2n) is 5.10. The maximum absolute atomic E-state index is 12.5. The summed E-state index contributed by atoms with van der Waals surface area (Å²) < 4.78 is 0.698. The van der Waals surface area contributed by atoms with E-state index in [-0.39, 0.29) is 5.91 Å². The third kappa shape index (κ3) is 2.79. The fraction of sp³-hybridized carbons (Fsp3) is 0.400. The van der Waals surface area contributed by atoms with E-state index in [2.05, 4.69) is 4.98 Å². The smallest absolute Gasteiger partial charge is 0.266 e. The number of hydrogen-bond acceptors (Lipinski definition) is 4. The van der Waals surface area contributed by atoms with E-state index in [1.165, 1.54) is 31.0 Å². The number of rotatable bonds is 2. The lowest BCUT2D eigenvalue weighted by Crippen LogP contribution is -2.39. The molecule has 0 aromatic carbocycles. The zero-order valence-corrected chi connectivity index (χ0v) is 12.8. The van der Waals surface area contributed by atoms with Gasteiger partial charge in [-0.2, -0.15) is 0 Å². The van der Waals surface area contributed by atoms with Crippen LogP contribution in [0.1, 0.15) is 37.8 Å². The van der Waals surface area contributed by atoms with Gasteiger partial charge in [0.15, 0.2) is 0 Å². The highest BCUT2D eigenvalue weighted by Crippen LogP contribution is 2.36. The van der Waals surface area contributed by atoms with Crippen LogP contribution in [0.15, 0.2) is 29.3 Å². The molecule has 3 nitrogen and oxygen atoms in total. The van der Waals surface area contributed by atoms with Crippen LogP contribution in [0.2, 0.25) is 0 Å². The highest BCUT2D eigenvalue weighted by atomic mass is 32.2. The first-order valence-corrected chi connectivity index (χ1v) is 8.16. The van der Waals surface area contributed by atoms with E-state index in [9.17, 15) is 4.79 Å². The lowest BCUT2D eigenvalue weighted by Gasteiger charge is -2.29. The number of thioether (sulfide) groups is 1. The first kappa shape index (κ1) is 13.8. The van der Waals surface area contributed by atoms with E-state index in [1.807, 2.05) is 29.2 Å². The number of pyridine rings is 1. The molecule has 0 bridgehead atoms. The van der Waals surface area contributed by atoms with E-state index in [0.29, 0.717) is 15.3 Å². The molecule has 2 heterocycles. The zero-order chi connectivity index (χ0) is 13.9. The van der Waals surface area contributed by atoms with Crippen molar-refractivity contribution in [2.45, 2.75) is 38.1 Å². The van der Waals surface area contributed by atoms with Crippen molar-refractivity contribution < 1.29 is 4.79 Å². The molecule has 1 amide bonds. The Morgan fingerprint density at radius 2 is 2.10 bits per heavy atom. The van der Waals surface area contributed by atoms with Gasteiger partial charge in [0.1, 0.15) is 4.32 Å². The second-order valence-corrected chi connectivity index (χ2v) is 6.77. The Hall–Kier alpha value is -1.20. The first-order chi connectivity index (χ1) is 9.75. The van der Waals surface area contributed by atoms with Gasteiger partial charge in [0.25, 0.3) is 5.91 Å². The molecule has 0 unspecified atom stereocenters. The Labute approximate surface area is 128 Å². The van der Waals surface area contributed by atoms with Crippen LogP contribution in [0.5, 0.6) is 0 Å². The summed E-state index contributed by atoms with van der Waals surface area (Å²) in [5, 5.41) is 0. The summed E-state index contributed by atoms with van der Waals surface area (Å²) in [5.41, 5.74) is 0.802. The van der Waals surface area contributed by atoms with Crippen LogP contribution < -0.4 is 0 Å². The van der Waals surface area contributed by atoms with Crippen molar-refractivity contribution in [1.29, 1.82) is 0 Å². The summed E-state index contributed by atoms with van der Waals surface area (Å²) in [4.78, 5) is 19.3. The number of aromatic nitrogens is 1. The minimum atomic E-state index is 0.0533. The number of nitrogens with zero attached hydrogens (tertiary/aromatic N) is 2. The summed E-state index contributed by atoms with van der Waals surface area (Å²) in [5.74, 6) is 0.0533. The Kier molecular flexibility index (Phi) is 4.17. The van der Waals surface area contributed by atoms with Crippen molar-refractivity contribution in [2.24, 2.45) is 0 Å². The van der Waals surface area contributed by atoms with Gasteiger partial charge < -0.3 is 0 Å². The van der Waals surface area contributed by atoms with E-state index in [0.717, 1.165) is 18.5 Å². The molecule has 1 aromatic rings. The Bertz CT molecular complexity index is 550. The topological polar surface area (TPSA) is 33.2 Å². The number of thiocarbonyl (C=S) groups is 1. The Balaban J connectivity index is 1.81. The first-order valence-electron chi connectivity index (χ1n) is 6.94. The molecule has 1 aliphatic carbocycles. The summed E-state index contributed by atoms with van der Waals surface area (Å²) >= 11 is 6.80. The largest absolute Gasteiger partial charge is 0.290 e. The molecule has 0 spiro atoms. The maximum Gasteiger partial charge on any atom is 0.266 e. The SMILES string of the molecule is O=C1/C(=C/c2ccccn2)SC(=S)N1C1CCCCC1. The fourth-order valence-electron chi connectivity index (χ4n) is 2.73. The van der Waals surface area contributed by atoms with Gasteiger partial charge in [-0.05, 0) is 31.1 Å². The summed E-state index contributed by atoms with van der Waals surface area (Å²) in [6, 6.07) is 5.98. The van der Waals surface area contributed by atoms with Gasteiger partial charge in [-0.15, -0.1) is 0 Å². The lowest BCUT2D eigenvalue weighted by atomic mass is 9.94. The van der Waals surface area contributed by atoms with Crippen molar-refractivity contribution in [1.82, 2.24) is 9.88 Å². The van der Waals surface area contributed by atoms with Crippen molar-refractivity contribution in [2.75, 3.05) is 0 Å². The average Bonchev–Trinajstić information content (AvgIpc) is 2.75. The lowest BCUT2D eigenvalue weighted by molar-refractivity contribution is -0.124. The van der Waals surface area contributed by atoms with Crippen LogP contribution >= 0.6 is 24.0 Å². The van der Waals surface area contributed by atoms with Crippen LogP contribution in [0.3, 0.4) is 0 Å². The van der Waals surface area contributed by atoms with Crippen LogP contribution in [0, 0.1) is 0 Å². The molecule has 0 atom stereocenters. The predicted molar refractivity (Wildman–Crippen MR) is 86.1 cm³/mol. The quantitative estimate of drug-likeness (QED) is 0.617. The molecule has 3 rings (SSSR count). The van der Waals surface area contributed by atoms with E-state index in [1.54, 1.807) is 6.20 Å². The molecule has 0 radical (unpaired) electrons. The van der Waals surface area contributed by atoms with E-state index >= 15 is 0 Å². The zero-order valence-electron chi connectivity index (χ0n) is 11.1. The molecule has 0 N–H and O–H groups in total. The van der Waals surface area contributed by atoms with Crippen LogP contribution in [-0.2, 0) is 4.79 Å². The molecule has 5 heteroatoms. The van der Waals surface area contributed by atoms with Crippen molar-refractivity contribution in [3.05, 3.63) is 35.0 Å². The van der Waals surface area contributed by atoms with E-state index < -0.39 is 0 Å². The fourth-order valence-corrected chi connectivity index (χ4v) is 4.11. The second kappa shape index (κ2) is 6.06. The molecular weight excluding hydrogens is 288 g/mol. The molecule has 1 saturated carbocycles. The van der Waals surface area contributed by atoms with Gasteiger partial charge in [0, 0.05) is 12.2 Å². The minimum absolute atomic E-state index is 0.0533. The summed E-state index contributed by atoms with van der Waals surface area (Å²) in [6.07, 6.45) is 9.37. The highest BCUT2D eigenvalue weighted by Gasteiger charge is 2.37. The van der Waals surface area contributed by atoms with Gasteiger partial charge in [-0.1, -0.05) is 49.3 Å². The molecular formula is C15H16N2OS2. The van der Waals surface area contributed by atoms with Crippen molar-refractivity contribution in [3.63, 3.8) is 0 Å². The third-order valence-corrected chi connectivity index (χ3v) is 5.06. The molecule has 1 aliphatic heterocycles. The number of amides is 1. The normalized spacial score (nSPS) is 22.8.